The number of hydrogen-bond donors (Lipinski definition) is 2. The molecule has 1 aromatic heterocycles. The van der Waals surface area contributed by atoms with Gasteiger partial charge < -0.3 is 15.6 Å². The van der Waals surface area contributed by atoms with E-state index in [2.05, 4.69) is 19.8 Å². The zero-order valence-corrected chi connectivity index (χ0v) is 15.6. The van der Waals surface area contributed by atoms with Gasteiger partial charge in [0.2, 0.25) is 5.95 Å². The lowest BCUT2D eigenvalue weighted by Crippen LogP contribution is -2.46. The smallest absolute Gasteiger partial charge is 0.269 e. The van der Waals surface area contributed by atoms with Crippen LogP contribution in [0.1, 0.15) is 22.3 Å². The van der Waals surface area contributed by atoms with Crippen molar-refractivity contribution >= 4 is 28.6 Å². The summed E-state index contributed by atoms with van der Waals surface area (Å²) in [7, 11) is 0. The van der Waals surface area contributed by atoms with Crippen LogP contribution >= 0.6 is 0 Å². The number of nitro groups is 1. The Morgan fingerprint density at radius 1 is 1.21 bits per heavy atom. The van der Waals surface area contributed by atoms with Gasteiger partial charge >= 0.3 is 0 Å². The summed E-state index contributed by atoms with van der Waals surface area (Å²) >= 11 is 0. The SMILES string of the molecule is NC(=O)c1cccc2[nH]c(N3C[C@@H]4C[C@@H]3CN4Cc3ccc([N+](=O)[O-])cc3)nc12. The molecule has 3 aromatic rings. The molecule has 3 heterocycles. The number of carbonyl (C=O) groups excluding carboxylic acids is 1. The van der Waals surface area contributed by atoms with Gasteiger partial charge in [-0.05, 0) is 24.1 Å². The number of carbonyl (C=O) groups is 1. The number of para-hydroxylation sites is 1. The molecule has 3 N–H and O–H groups in total. The average Bonchev–Trinajstić information content (AvgIpc) is 3.41. The van der Waals surface area contributed by atoms with E-state index < -0.39 is 5.91 Å². The summed E-state index contributed by atoms with van der Waals surface area (Å²) in [5.74, 6) is 0.294. The maximum atomic E-state index is 11.7. The molecule has 0 spiro atoms. The maximum absolute atomic E-state index is 11.7. The number of rotatable bonds is 5. The number of fused-ring (bicyclic) bond motifs is 3. The second-order valence-electron chi connectivity index (χ2n) is 7.68. The molecule has 2 aromatic carbocycles. The number of benzene rings is 2. The minimum Gasteiger partial charge on any atom is -0.366 e. The average molecular weight is 392 g/mol. The first kappa shape index (κ1) is 17.6. The summed E-state index contributed by atoms with van der Waals surface area (Å²) in [6, 6.07) is 12.9. The van der Waals surface area contributed by atoms with Gasteiger partial charge in [0.05, 0.1) is 16.0 Å². The van der Waals surface area contributed by atoms with Crippen LogP contribution in [-0.2, 0) is 6.54 Å². The van der Waals surface area contributed by atoms with Crippen molar-refractivity contribution < 1.29 is 9.72 Å². The molecule has 2 atom stereocenters. The van der Waals surface area contributed by atoms with E-state index in [0.29, 0.717) is 23.2 Å². The van der Waals surface area contributed by atoms with Gasteiger partial charge in [0.15, 0.2) is 0 Å². The Balaban J connectivity index is 1.31. The topological polar surface area (TPSA) is 121 Å². The van der Waals surface area contributed by atoms with Crippen molar-refractivity contribution in [1.29, 1.82) is 0 Å². The van der Waals surface area contributed by atoms with Gasteiger partial charge in [-0.1, -0.05) is 18.2 Å². The second-order valence-corrected chi connectivity index (χ2v) is 7.68. The van der Waals surface area contributed by atoms with Gasteiger partial charge in [-0.3, -0.25) is 19.8 Å². The first-order valence-electron chi connectivity index (χ1n) is 9.52. The molecule has 0 aliphatic carbocycles. The monoisotopic (exact) mass is 392 g/mol. The lowest BCUT2D eigenvalue weighted by atomic mass is 10.2. The number of aromatic nitrogens is 2. The molecule has 0 unspecified atom stereocenters. The third-order valence-electron chi connectivity index (χ3n) is 5.92. The highest BCUT2D eigenvalue weighted by Crippen LogP contribution is 2.35. The molecule has 1 amide bonds. The van der Waals surface area contributed by atoms with E-state index in [-0.39, 0.29) is 10.6 Å². The summed E-state index contributed by atoms with van der Waals surface area (Å²) < 4.78 is 0. The minimum absolute atomic E-state index is 0.114. The summed E-state index contributed by atoms with van der Waals surface area (Å²) in [4.78, 5) is 34.8. The molecular formula is C20H20N6O3. The largest absolute Gasteiger partial charge is 0.366 e. The van der Waals surface area contributed by atoms with Crippen LogP contribution in [0.5, 0.6) is 0 Å². The van der Waals surface area contributed by atoms with E-state index in [1.165, 1.54) is 0 Å². The molecule has 9 nitrogen and oxygen atoms in total. The van der Waals surface area contributed by atoms with Crippen LogP contribution in [0.3, 0.4) is 0 Å². The van der Waals surface area contributed by atoms with Crippen LogP contribution in [0.15, 0.2) is 42.5 Å². The first-order valence-corrected chi connectivity index (χ1v) is 9.52. The Hall–Kier alpha value is -3.46. The number of H-pyrrole nitrogens is 1. The molecule has 2 saturated heterocycles. The van der Waals surface area contributed by atoms with Crippen LogP contribution in [0, 0.1) is 10.1 Å². The summed E-state index contributed by atoms with van der Waals surface area (Å²) in [5.41, 5.74) is 8.50. The molecule has 5 rings (SSSR count). The van der Waals surface area contributed by atoms with Crippen molar-refractivity contribution in [2.75, 3.05) is 18.0 Å². The van der Waals surface area contributed by atoms with Crippen molar-refractivity contribution in [1.82, 2.24) is 14.9 Å². The number of nitro benzene ring substituents is 1. The van der Waals surface area contributed by atoms with Crippen LogP contribution in [-0.4, -0.2) is 50.9 Å². The fraction of sp³-hybridized carbons (Fsp3) is 0.300. The highest BCUT2D eigenvalue weighted by atomic mass is 16.6. The molecule has 29 heavy (non-hydrogen) atoms. The number of imidazole rings is 1. The molecule has 2 bridgehead atoms. The number of likely N-dealkylation sites (tertiary alicyclic amines) is 1. The Bertz CT molecular complexity index is 1110. The van der Waals surface area contributed by atoms with E-state index in [1.807, 2.05) is 18.2 Å². The lowest BCUT2D eigenvalue weighted by Gasteiger charge is -2.34. The zero-order valence-electron chi connectivity index (χ0n) is 15.6. The third-order valence-corrected chi connectivity index (χ3v) is 5.92. The Morgan fingerprint density at radius 3 is 2.66 bits per heavy atom. The maximum Gasteiger partial charge on any atom is 0.269 e. The number of primary amides is 1. The number of amides is 1. The molecular weight excluding hydrogens is 372 g/mol. The number of nitrogens with one attached hydrogen (secondary N) is 1. The van der Waals surface area contributed by atoms with Crippen molar-refractivity contribution in [3.05, 3.63) is 63.7 Å². The number of piperazine rings is 1. The predicted molar refractivity (Wildman–Crippen MR) is 108 cm³/mol. The van der Waals surface area contributed by atoms with Crippen LogP contribution < -0.4 is 10.6 Å². The summed E-state index contributed by atoms with van der Waals surface area (Å²) in [6.07, 6.45) is 1.05. The number of hydrogen-bond acceptors (Lipinski definition) is 6. The number of nitrogens with two attached hydrogens (primary N) is 1. The Labute approximate surface area is 166 Å². The van der Waals surface area contributed by atoms with Crippen LogP contribution in [0.2, 0.25) is 0 Å². The van der Waals surface area contributed by atoms with Crippen LogP contribution in [0.4, 0.5) is 11.6 Å². The minimum atomic E-state index is -0.481. The predicted octanol–water partition coefficient (Wildman–Crippen LogP) is 2.03. The van der Waals surface area contributed by atoms with Gasteiger partial charge in [-0.15, -0.1) is 0 Å². The Morgan fingerprint density at radius 2 is 2.00 bits per heavy atom. The standard InChI is InChI=1S/C20H20N6O3/c21-19(27)16-2-1-3-17-18(16)23-20(22-17)25-11-14-8-15(25)10-24(14)9-12-4-6-13(7-5-12)26(28)29/h1-7,14-15H,8-11H2,(H2,21,27)(H,22,23)/t14-,15+/m0/s1. The quantitative estimate of drug-likeness (QED) is 0.506. The molecule has 0 saturated carbocycles. The number of anilines is 1. The van der Waals surface area contributed by atoms with Crippen molar-refractivity contribution in [3.63, 3.8) is 0 Å². The fourth-order valence-electron chi connectivity index (χ4n) is 4.51. The van der Waals surface area contributed by atoms with E-state index in [0.717, 1.165) is 43.1 Å². The lowest BCUT2D eigenvalue weighted by molar-refractivity contribution is -0.384. The van der Waals surface area contributed by atoms with E-state index >= 15 is 0 Å². The normalized spacial score (nSPS) is 21.2. The van der Waals surface area contributed by atoms with Crippen molar-refractivity contribution in [3.8, 4) is 0 Å². The van der Waals surface area contributed by atoms with Gasteiger partial charge in [-0.2, -0.15) is 0 Å². The molecule has 2 aliphatic heterocycles. The fourth-order valence-corrected chi connectivity index (χ4v) is 4.51. The van der Waals surface area contributed by atoms with Gasteiger partial charge in [0.1, 0.15) is 5.52 Å². The molecule has 0 radical (unpaired) electrons. The second kappa shape index (κ2) is 6.56. The highest BCUT2D eigenvalue weighted by molar-refractivity contribution is 6.04. The summed E-state index contributed by atoms with van der Waals surface area (Å²) in [6.45, 7) is 2.53. The highest BCUT2D eigenvalue weighted by Gasteiger charge is 2.44. The third kappa shape index (κ3) is 2.99. The molecule has 9 heteroatoms. The van der Waals surface area contributed by atoms with E-state index in [9.17, 15) is 14.9 Å². The van der Waals surface area contributed by atoms with Gasteiger partial charge in [0.25, 0.3) is 11.6 Å². The summed E-state index contributed by atoms with van der Waals surface area (Å²) in [5, 5.41) is 10.8. The molecule has 2 aliphatic rings. The number of nitrogens with zero attached hydrogens (tertiary/aromatic N) is 4. The Kier molecular flexibility index (Phi) is 3.99. The molecule has 148 valence electrons. The van der Waals surface area contributed by atoms with Gasteiger partial charge in [0, 0.05) is 43.9 Å². The van der Waals surface area contributed by atoms with Crippen LogP contribution in [0.25, 0.3) is 11.0 Å². The van der Waals surface area contributed by atoms with E-state index in [1.54, 1.807) is 24.3 Å². The molecule has 2 fully saturated rings. The number of aromatic amines is 1. The zero-order chi connectivity index (χ0) is 20.1. The number of non-ortho nitro benzene ring substituents is 1. The first-order chi connectivity index (χ1) is 14.0. The van der Waals surface area contributed by atoms with Crippen molar-refractivity contribution in [2.45, 2.75) is 25.0 Å². The van der Waals surface area contributed by atoms with Crippen molar-refractivity contribution in [2.24, 2.45) is 5.73 Å². The van der Waals surface area contributed by atoms with E-state index in [4.69, 9.17) is 5.73 Å². The van der Waals surface area contributed by atoms with Gasteiger partial charge in [-0.25, -0.2) is 4.98 Å².